The van der Waals surface area contributed by atoms with E-state index in [2.05, 4.69) is 20.6 Å². The summed E-state index contributed by atoms with van der Waals surface area (Å²) >= 11 is 6.64. The summed E-state index contributed by atoms with van der Waals surface area (Å²) in [5.74, 6) is -0.121. The number of halogens is 1. The molecule has 2 aliphatic rings. The number of H-pyrrole nitrogens is 1. The number of aliphatic hydroxyl groups is 2. The first-order valence-electron chi connectivity index (χ1n) is 12.7. The van der Waals surface area contributed by atoms with Gasteiger partial charge in [0.2, 0.25) is 5.91 Å². The molecule has 0 saturated carbocycles. The fourth-order valence-corrected chi connectivity index (χ4v) is 5.14. The molecule has 0 aliphatic carbocycles. The van der Waals surface area contributed by atoms with E-state index in [4.69, 9.17) is 21.1 Å². The highest BCUT2D eigenvalue weighted by atomic mass is 35.5. The summed E-state index contributed by atoms with van der Waals surface area (Å²) in [6.07, 6.45) is 1.44. The minimum atomic E-state index is -0.797. The predicted molar refractivity (Wildman–Crippen MR) is 147 cm³/mol. The first kappa shape index (κ1) is 25.4. The fraction of sp³-hybridized carbons (Fsp3) is 0.241. The van der Waals surface area contributed by atoms with Crippen LogP contribution in [0.1, 0.15) is 18.2 Å². The maximum Gasteiger partial charge on any atom is 0.294 e. The molecule has 2 aliphatic heterocycles. The van der Waals surface area contributed by atoms with Gasteiger partial charge in [-0.3, -0.25) is 4.79 Å². The van der Waals surface area contributed by atoms with Gasteiger partial charge in [-0.1, -0.05) is 60.1 Å². The molecule has 6 rings (SSSR count). The van der Waals surface area contributed by atoms with Crippen LogP contribution < -0.4 is 15.4 Å². The Hall–Kier alpha value is -3.89. The number of hydrogen-bond donors (Lipinski definition) is 5. The van der Waals surface area contributed by atoms with Gasteiger partial charge in [0.25, 0.3) is 6.01 Å². The number of rotatable bonds is 6. The van der Waals surface area contributed by atoms with Gasteiger partial charge in [0.1, 0.15) is 18.4 Å². The molecule has 4 aromatic rings. The number of imidazole rings is 1. The maximum atomic E-state index is 11.6. The van der Waals surface area contributed by atoms with Crippen LogP contribution in [0.25, 0.3) is 33.3 Å². The zero-order valence-corrected chi connectivity index (χ0v) is 21.6. The Labute approximate surface area is 229 Å². The third-order valence-corrected chi connectivity index (χ3v) is 7.31. The zero-order valence-electron chi connectivity index (χ0n) is 20.8. The standard InChI is InChI=1S/C29H27ClN4O5/c30-22-13-24-23(32-29(33-24)39-20-11-25(36)26(14-35)38-15-20)12-21(22)18-5-1-16(2-6-18)17-3-7-19(8-4-17)28-31-10-9-27(37)34-28/h1-10,12-13,20,25-26,28,31,35-36H,11,14-15H2,(H,32,33)(H,34,37)/t20-,25+,26-,28?/m1/s1. The van der Waals surface area contributed by atoms with E-state index in [0.29, 0.717) is 23.0 Å². The molecule has 1 saturated heterocycles. The quantitative estimate of drug-likeness (QED) is 0.249. The van der Waals surface area contributed by atoms with Gasteiger partial charge in [-0.05, 0) is 34.4 Å². The fourth-order valence-electron chi connectivity index (χ4n) is 4.87. The molecule has 10 heteroatoms. The van der Waals surface area contributed by atoms with E-state index in [1.807, 2.05) is 60.7 Å². The molecule has 3 aromatic carbocycles. The van der Waals surface area contributed by atoms with E-state index in [0.717, 1.165) is 33.3 Å². The van der Waals surface area contributed by atoms with Crippen molar-refractivity contribution in [2.45, 2.75) is 30.9 Å². The highest BCUT2D eigenvalue weighted by Crippen LogP contribution is 2.34. The lowest BCUT2D eigenvalue weighted by Crippen LogP contribution is -2.45. The molecule has 0 bridgehead atoms. The van der Waals surface area contributed by atoms with Gasteiger partial charge < -0.3 is 35.3 Å². The molecule has 3 heterocycles. The molecular formula is C29H27ClN4O5. The Morgan fingerprint density at radius 2 is 1.77 bits per heavy atom. The summed E-state index contributed by atoms with van der Waals surface area (Å²) in [5.41, 5.74) is 6.32. The van der Waals surface area contributed by atoms with Gasteiger partial charge >= 0.3 is 0 Å². The predicted octanol–water partition coefficient (Wildman–Crippen LogP) is 3.67. The molecule has 39 heavy (non-hydrogen) atoms. The summed E-state index contributed by atoms with van der Waals surface area (Å²) in [6.45, 7) is 0.0237. The zero-order chi connectivity index (χ0) is 26.9. The Morgan fingerprint density at radius 3 is 2.46 bits per heavy atom. The van der Waals surface area contributed by atoms with Crippen LogP contribution in [0.15, 0.2) is 72.9 Å². The Balaban J connectivity index is 1.17. The smallest absolute Gasteiger partial charge is 0.294 e. The van der Waals surface area contributed by atoms with E-state index < -0.39 is 12.2 Å². The number of hydrogen-bond acceptors (Lipinski definition) is 7. The maximum absolute atomic E-state index is 11.6. The van der Waals surface area contributed by atoms with Crippen molar-refractivity contribution in [3.63, 3.8) is 0 Å². The number of fused-ring (bicyclic) bond motifs is 1. The van der Waals surface area contributed by atoms with Crippen molar-refractivity contribution in [2.75, 3.05) is 13.2 Å². The second-order valence-electron chi connectivity index (χ2n) is 9.63. The third-order valence-electron chi connectivity index (χ3n) is 6.99. The largest absolute Gasteiger partial charge is 0.459 e. The molecule has 0 spiro atoms. The van der Waals surface area contributed by atoms with E-state index >= 15 is 0 Å². The van der Waals surface area contributed by atoms with Crippen molar-refractivity contribution >= 4 is 28.5 Å². The number of aromatic nitrogens is 2. The van der Waals surface area contributed by atoms with Crippen LogP contribution >= 0.6 is 11.6 Å². The van der Waals surface area contributed by atoms with E-state index in [1.165, 1.54) is 6.08 Å². The van der Waals surface area contributed by atoms with Gasteiger partial charge in [-0.25, -0.2) is 0 Å². The summed E-state index contributed by atoms with van der Waals surface area (Å²) < 4.78 is 11.4. The summed E-state index contributed by atoms with van der Waals surface area (Å²) in [6, 6.07) is 20.2. The van der Waals surface area contributed by atoms with E-state index in [9.17, 15) is 15.0 Å². The van der Waals surface area contributed by atoms with Crippen molar-refractivity contribution in [3.8, 4) is 28.3 Å². The minimum absolute atomic E-state index is 0.121. The number of nitrogens with one attached hydrogen (secondary N) is 3. The summed E-state index contributed by atoms with van der Waals surface area (Å²) in [5, 5.41) is 25.9. The Morgan fingerprint density at radius 1 is 1.05 bits per heavy atom. The van der Waals surface area contributed by atoms with Crippen molar-refractivity contribution in [2.24, 2.45) is 0 Å². The third kappa shape index (κ3) is 5.35. The number of carbonyl (C=O) groups excluding carboxylic acids is 1. The average Bonchev–Trinajstić information content (AvgIpc) is 3.34. The Bertz CT molecular complexity index is 1520. The van der Waals surface area contributed by atoms with Crippen LogP contribution in [0.5, 0.6) is 6.01 Å². The molecular weight excluding hydrogens is 520 g/mol. The van der Waals surface area contributed by atoms with Crippen LogP contribution in [0.2, 0.25) is 5.02 Å². The summed E-state index contributed by atoms with van der Waals surface area (Å²) in [7, 11) is 0. The number of aliphatic hydroxyl groups excluding tert-OH is 2. The second-order valence-corrected chi connectivity index (χ2v) is 10.0. The van der Waals surface area contributed by atoms with Crippen molar-refractivity contribution in [1.29, 1.82) is 0 Å². The topological polar surface area (TPSA) is 129 Å². The summed E-state index contributed by atoms with van der Waals surface area (Å²) in [4.78, 5) is 19.3. The monoisotopic (exact) mass is 546 g/mol. The number of nitrogens with zero attached hydrogens (tertiary/aromatic N) is 1. The molecule has 1 aromatic heterocycles. The van der Waals surface area contributed by atoms with Crippen molar-refractivity contribution < 1.29 is 24.5 Å². The van der Waals surface area contributed by atoms with Crippen LogP contribution in [0.3, 0.4) is 0 Å². The van der Waals surface area contributed by atoms with Crippen LogP contribution in [0, 0.1) is 0 Å². The van der Waals surface area contributed by atoms with Gasteiger partial charge in [0.15, 0.2) is 0 Å². The minimum Gasteiger partial charge on any atom is -0.459 e. The average molecular weight is 547 g/mol. The molecule has 1 unspecified atom stereocenters. The van der Waals surface area contributed by atoms with Crippen LogP contribution in [-0.4, -0.2) is 57.6 Å². The molecule has 9 nitrogen and oxygen atoms in total. The van der Waals surface area contributed by atoms with E-state index in [1.54, 1.807) is 6.20 Å². The molecule has 1 amide bonds. The highest BCUT2D eigenvalue weighted by Gasteiger charge is 2.31. The molecule has 200 valence electrons. The second kappa shape index (κ2) is 10.7. The van der Waals surface area contributed by atoms with Crippen molar-refractivity contribution in [1.82, 2.24) is 20.6 Å². The molecule has 0 radical (unpaired) electrons. The molecule has 4 atom stereocenters. The number of carbonyl (C=O) groups is 1. The van der Waals surface area contributed by atoms with Crippen LogP contribution in [-0.2, 0) is 9.53 Å². The first-order valence-corrected chi connectivity index (χ1v) is 13.0. The number of aromatic amines is 1. The van der Waals surface area contributed by atoms with Gasteiger partial charge in [0, 0.05) is 24.3 Å². The van der Waals surface area contributed by atoms with Gasteiger partial charge in [0.05, 0.1) is 35.4 Å². The lowest BCUT2D eigenvalue weighted by atomic mass is 9.99. The lowest BCUT2D eigenvalue weighted by molar-refractivity contribution is -0.131. The number of amides is 1. The molecule has 5 N–H and O–H groups in total. The Kier molecular flexibility index (Phi) is 6.97. The van der Waals surface area contributed by atoms with Crippen LogP contribution in [0.4, 0.5) is 0 Å². The van der Waals surface area contributed by atoms with Gasteiger partial charge in [-0.15, -0.1) is 0 Å². The normalized spacial score (nSPS) is 22.9. The first-order chi connectivity index (χ1) is 19.0. The highest BCUT2D eigenvalue weighted by molar-refractivity contribution is 6.34. The van der Waals surface area contributed by atoms with Crippen molar-refractivity contribution in [3.05, 3.63) is 83.5 Å². The number of benzene rings is 3. The van der Waals surface area contributed by atoms with E-state index in [-0.39, 0.29) is 31.4 Å². The molecule has 1 fully saturated rings. The van der Waals surface area contributed by atoms with Gasteiger partial charge in [-0.2, -0.15) is 4.98 Å². The SMILES string of the molecule is O=C1C=CNC(c2ccc(-c3ccc(-c4cc5nc(O[C@H]6CO[C@H](CO)[C@@H](O)C6)[nH]c5cc4Cl)cc3)cc2)N1. The lowest BCUT2D eigenvalue weighted by Gasteiger charge is -2.31. The number of ether oxygens (including phenoxy) is 2.